The van der Waals surface area contributed by atoms with Crippen LogP contribution in [0, 0.1) is 69.2 Å². The predicted molar refractivity (Wildman–Crippen MR) is 135 cm³/mol. The SMILES string of the molecule is Cc1sc(-c2c(C)c(C)c3c(c2C)C(C)(C)c2c(C)c(C)c(C)c(C)c2-3)c(C)c1C. The molecule has 1 aliphatic rings. The molecule has 0 saturated heterocycles. The van der Waals surface area contributed by atoms with Gasteiger partial charge in [-0.05, 0) is 147 Å². The van der Waals surface area contributed by atoms with Crippen LogP contribution in [0.5, 0.6) is 0 Å². The molecule has 0 aliphatic heterocycles. The Balaban J connectivity index is 2.20. The topological polar surface area (TPSA) is 0 Å². The molecule has 1 heteroatoms. The van der Waals surface area contributed by atoms with E-state index in [0.717, 1.165) is 0 Å². The summed E-state index contributed by atoms with van der Waals surface area (Å²) < 4.78 is 0. The highest BCUT2D eigenvalue weighted by molar-refractivity contribution is 7.15. The van der Waals surface area contributed by atoms with Crippen LogP contribution in [-0.4, -0.2) is 0 Å². The van der Waals surface area contributed by atoms with E-state index in [1.807, 2.05) is 11.3 Å². The maximum atomic E-state index is 2.45. The number of hydrogen-bond acceptors (Lipinski definition) is 1. The van der Waals surface area contributed by atoms with Crippen LogP contribution in [0.3, 0.4) is 0 Å². The summed E-state index contributed by atoms with van der Waals surface area (Å²) >= 11 is 1.97. The van der Waals surface area contributed by atoms with E-state index in [-0.39, 0.29) is 5.41 Å². The molecule has 0 nitrogen and oxygen atoms in total. The number of aryl methyl sites for hydroxylation is 1. The van der Waals surface area contributed by atoms with Crippen molar-refractivity contribution >= 4 is 11.3 Å². The number of thiophene rings is 1. The summed E-state index contributed by atoms with van der Waals surface area (Å²) in [5, 5.41) is 0. The highest BCUT2D eigenvalue weighted by Crippen LogP contribution is 2.57. The highest BCUT2D eigenvalue weighted by Gasteiger charge is 2.42. The van der Waals surface area contributed by atoms with E-state index in [0.29, 0.717) is 0 Å². The molecule has 2 aromatic carbocycles. The number of fused-ring (bicyclic) bond motifs is 3. The van der Waals surface area contributed by atoms with E-state index in [9.17, 15) is 0 Å². The van der Waals surface area contributed by atoms with Gasteiger partial charge in [-0.15, -0.1) is 11.3 Å². The molecule has 0 spiro atoms. The molecule has 4 rings (SSSR count). The van der Waals surface area contributed by atoms with Crippen molar-refractivity contribution in [3.63, 3.8) is 0 Å². The van der Waals surface area contributed by atoms with Crippen molar-refractivity contribution in [3.05, 3.63) is 66.1 Å². The Morgan fingerprint density at radius 1 is 0.433 bits per heavy atom. The Morgan fingerprint density at radius 3 is 1.37 bits per heavy atom. The summed E-state index contributed by atoms with van der Waals surface area (Å²) in [6.07, 6.45) is 0. The third-order valence-electron chi connectivity index (χ3n) is 8.41. The second-order valence-corrected chi connectivity index (χ2v) is 11.3. The van der Waals surface area contributed by atoms with Gasteiger partial charge in [0.25, 0.3) is 0 Å². The van der Waals surface area contributed by atoms with Crippen molar-refractivity contribution < 1.29 is 0 Å². The maximum Gasteiger partial charge on any atom is 0.0383 e. The molecule has 1 heterocycles. The van der Waals surface area contributed by atoms with Gasteiger partial charge in [0.2, 0.25) is 0 Å². The second kappa shape index (κ2) is 6.57. The molecule has 0 amide bonds. The van der Waals surface area contributed by atoms with Gasteiger partial charge in [-0.2, -0.15) is 0 Å². The molecule has 1 aliphatic carbocycles. The molecule has 0 bridgehead atoms. The monoisotopic (exact) mass is 416 g/mol. The summed E-state index contributed by atoms with van der Waals surface area (Å²) in [4.78, 5) is 2.92. The van der Waals surface area contributed by atoms with Crippen molar-refractivity contribution in [2.75, 3.05) is 0 Å². The normalized spacial score (nSPS) is 14.3. The van der Waals surface area contributed by atoms with Crippen molar-refractivity contribution in [1.82, 2.24) is 0 Å². The van der Waals surface area contributed by atoms with E-state index in [2.05, 4.69) is 83.1 Å². The summed E-state index contributed by atoms with van der Waals surface area (Å²) in [6, 6.07) is 0. The van der Waals surface area contributed by atoms with E-state index >= 15 is 0 Å². The fourth-order valence-corrected chi connectivity index (χ4v) is 7.43. The van der Waals surface area contributed by atoms with Crippen LogP contribution in [0.2, 0.25) is 0 Å². The van der Waals surface area contributed by atoms with Crippen molar-refractivity contribution in [2.24, 2.45) is 0 Å². The van der Waals surface area contributed by atoms with Gasteiger partial charge in [0, 0.05) is 15.2 Å². The lowest BCUT2D eigenvalue weighted by Gasteiger charge is -2.28. The molecule has 1 aromatic heterocycles. The Hall–Kier alpha value is -1.86. The lowest BCUT2D eigenvalue weighted by Crippen LogP contribution is -2.19. The molecule has 3 aromatic rings. The number of rotatable bonds is 1. The first-order valence-electron chi connectivity index (χ1n) is 11.2. The average Bonchev–Trinajstić information content (AvgIpc) is 3.08. The zero-order valence-electron chi connectivity index (χ0n) is 20.9. The van der Waals surface area contributed by atoms with Crippen LogP contribution in [0.1, 0.15) is 79.9 Å². The lowest BCUT2D eigenvalue weighted by molar-refractivity contribution is 0.649. The summed E-state index contributed by atoms with van der Waals surface area (Å²) in [5.41, 5.74) is 20.8. The fourth-order valence-electron chi connectivity index (χ4n) is 6.10. The fraction of sp³-hybridized carbons (Fsp3) is 0.448. The van der Waals surface area contributed by atoms with Gasteiger partial charge in [0.15, 0.2) is 0 Å². The zero-order chi connectivity index (χ0) is 22.4. The van der Waals surface area contributed by atoms with Crippen LogP contribution in [0.15, 0.2) is 0 Å². The smallest absolute Gasteiger partial charge is 0.0383 e. The first-order chi connectivity index (χ1) is 13.8. The van der Waals surface area contributed by atoms with Gasteiger partial charge in [-0.25, -0.2) is 0 Å². The molecular formula is C29H36S. The highest BCUT2D eigenvalue weighted by atomic mass is 32.1. The largest absolute Gasteiger partial charge is 0.140 e. The zero-order valence-corrected chi connectivity index (χ0v) is 21.7. The Labute approximate surface area is 187 Å². The van der Waals surface area contributed by atoms with Crippen LogP contribution in [0.4, 0.5) is 0 Å². The Morgan fingerprint density at radius 2 is 0.867 bits per heavy atom. The standard InChI is InChI=1S/C29H36S/c1-13-14(2)19(7)26-24(16(13)4)25-18(6)17(5)23(21(9)27(25)29(26,11)12)28-20(8)15(3)22(10)30-28/h1-12H3. The Kier molecular flexibility index (Phi) is 4.68. The minimum Gasteiger partial charge on any atom is -0.140 e. The van der Waals surface area contributed by atoms with Gasteiger partial charge >= 0.3 is 0 Å². The average molecular weight is 417 g/mol. The van der Waals surface area contributed by atoms with Gasteiger partial charge in [0.1, 0.15) is 0 Å². The van der Waals surface area contributed by atoms with Crippen molar-refractivity contribution in [2.45, 2.75) is 88.5 Å². The van der Waals surface area contributed by atoms with Crippen LogP contribution >= 0.6 is 11.3 Å². The predicted octanol–water partition coefficient (Wildman–Crippen LogP) is 8.81. The molecule has 158 valence electrons. The van der Waals surface area contributed by atoms with Crippen LogP contribution in [0.25, 0.3) is 21.6 Å². The lowest BCUT2D eigenvalue weighted by atomic mass is 9.75. The Bertz CT molecular complexity index is 1250. The van der Waals surface area contributed by atoms with Gasteiger partial charge in [-0.1, -0.05) is 13.8 Å². The third kappa shape index (κ3) is 2.45. The van der Waals surface area contributed by atoms with Crippen LogP contribution in [-0.2, 0) is 5.41 Å². The summed E-state index contributed by atoms with van der Waals surface area (Å²) in [7, 11) is 0. The van der Waals surface area contributed by atoms with E-state index < -0.39 is 0 Å². The molecule has 30 heavy (non-hydrogen) atoms. The summed E-state index contributed by atoms with van der Waals surface area (Å²) in [5.74, 6) is 0. The first kappa shape index (κ1) is 21.4. The van der Waals surface area contributed by atoms with E-state index in [1.165, 1.54) is 76.5 Å². The van der Waals surface area contributed by atoms with Crippen LogP contribution < -0.4 is 0 Å². The van der Waals surface area contributed by atoms with Gasteiger partial charge < -0.3 is 0 Å². The first-order valence-corrected chi connectivity index (χ1v) is 12.0. The molecule has 0 fully saturated rings. The van der Waals surface area contributed by atoms with Gasteiger partial charge in [-0.3, -0.25) is 0 Å². The quantitative estimate of drug-likeness (QED) is 0.372. The maximum absolute atomic E-state index is 2.45. The third-order valence-corrected chi connectivity index (χ3v) is 9.74. The van der Waals surface area contributed by atoms with Crippen molar-refractivity contribution in [3.8, 4) is 21.6 Å². The van der Waals surface area contributed by atoms with E-state index in [1.54, 1.807) is 11.1 Å². The molecule has 0 atom stereocenters. The molecular weight excluding hydrogens is 380 g/mol. The minimum atomic E-state index is 0.0184. The number of hydrogen-bond donors (Lipinski definition) is 0. The molecule has 0 radical (unpaired) electrons. The van der Waals surface area contributed by atoms with Gasteiger partial charge in [0.05, 0.1) is 0 Å². The molecule has 0 saturated carbocycles. The minimum absolute atomic E-state index is 0.0184. The van der Waals surface area contributed by atoms with Crippen molar-refractivity contribution in [1.29, 1.82) is 0 Å². The van der Waals surface area contributed by atoms with E-state index in [4.69, 9.17) is 0 Å². The molecule has 0 N–H and O–H groups in total. The second-order valence-electron chi connectivity index (χ2n) is 10.1. The molecule has 0 unspecified atom stereocenters. The summed E-state index contributed by atoms with van der Waals surface area (Å²) in [6.45, 7) is 28.1. The number of benzene rings is 2.